The Hall–Kier alpha value is -1.90. The fourth-order valence-electron chi connectivity index (χ4n) is 1.40. The van der Waals surface area contributed by atoms with Gasteiger partial charge in [-0.3, -0.25) is 0 Å². The van der Waals surface area contributed by atoms with Gasteiger partial charge in [-0.05, 0) is 29.8 Å². The molecule has 1 aromatic heterocycles. The standard InChI is InChI=1S/C13H8ClNO3S/c14-10-5-8(6-15)1-2-9(10)7-19-12-4-3-11(18-12)13(16)17/h1-5H,7H2,(H,16,17). The molecule has 6 heteroatoms. The molecule has 0 fully saturated rings. The molecule has 0 atom stereocenters. The average Bonchev–Trinajstić information content (AvgIpc) is 2.86. The van der Waals surface area contributed by atoms with Gasteiger partial charge in [0.2, 0.25) is 5.76 Å². The van der Waals surface area contributed by atoms with Gasteiger partial charge in [-0.2, -0.15) is 5.26 Å². The smallest absolute Gasteiger partial charge is 0.371 e. The summed E-state index contributed by atoms with van der Waals surface area (Å²) in [6.07, 6.45) is 0. The number of aromatic carboxylic acids is 1. The summed E-state index contributed by atoms with van der Waals surface area (Å²) in [6, 6.07) is 10.1. The van der Waals surface area contributed by atoms with Crippen molar-refractivity contribution in [1.29, 1.82) is 5.26 Å². The van der Waals surface area contributed by atoms with Crippen molar-refractivity contribution in [1.82, 2.24) is 0 Å². The van der Waals surface area contributed by atoms with E-state index in [4.69, 9.17) is 26.4 Å². The molecule has 0 unspecified atom stereocenters. The van der Waals surface area contributed by atoms with E-state index in [1.165, 1.54) is 17.8 Å². The van der Waals surface area contributed by atoms with Crippen LogP contribution in [0, 0.1) is 11.3 Å². The predicted molar refractivity (Wildman–Crippen MR) is 71.4 cm³/mol. The highest BCUT2D eigenvalue weighted by atomic mass is 35.5. The first-order valence-electron chi connectivity index (χ1n) is 5.24. The lowest BCUT2D eigenvalue weighted by molar-refractivity contribution is 0.0656. The van der Waals surface area contributed by atoms with Crippen LogP contribution in [-0.2, 0) is 5.75 Å². The van der Waals surface area contributed by atoms with Crippen molar-refractivity contribution in [2.75, 3.05) is 0 Å². The van der Waals surface area contributed by atoms with Crippen molar-refractivity contribution in [3.8, 4) is 6.07 Å². The molecule has 0 amide bonds. The van der Waals surface area contributed by atoms with Crippen LogP contribution in [0.4, 0.5) is 0 Å². The average molecular weight is 294 g/mol. The first-order chi connectivity index (χ1) is 9.10. The van der Waals surface area contributed by atoms with Gasteiger partial charge in [0.05, 0.1) is 11.6 Å². The summed E-state index contributed by atoms with van der Waals surface area (Å²) < 4.78 is 5.12. The van der Waals surface area contributed by atoms with Crippen molar-refractivity contribution in [3.05, 3.63) is 52.2 Å². The van der Waals surface area contributed by atoms with Crippen LogP contribution >= 0.6 is 23.4 Å². The number of hydrogen-bond acceptors (Lipinski definition) is 4. The van der Waals surface area contributed by atoms with E-state index in [9.17, 15) is 4.79 Å². The quantitative estimate of drug-likeness (QED) is 0.868. The van der Waals surface area contributed by atoms with Gasteiger partial charge in [0.25, 0.3) is 0 Å². The van der Waals surface area contributed by atoms with Crippen molar-refractivity contribution in [2.45, 2.75) is 10.8 Å². The highest BCUT2D eigenvalue weighted by Crippen LogP contribution is 2.28. The largest absolute Gasteiger partial charge is 0.475 e. The number of hydrogen-bond donors (Lipinski definition) is 1. The Labute approximate surface area is 118 Å². The molecule has 1 aromatic carbocycles. The third-order valence-electron chi connectivity index (χ3n) is 2.34. The summed E-state index contributed by atoms with van der Waals surface area (Å²) in [4.78, 5) is 10.7. The van der Waals surface area contributed by atoms with Crippen molar-refractivity contribution in [2.24, 2.45) is 0 Å². The van der Waals surface area contributed by atoms with Crippen molar-refractivity contribution < 1.29 is 14.3 Å². The maximum atomic E-state index is 10.7. The number of thioether (sulfide) groups is 1. The Morgan fingerprint density at radius 3 is 2.79 bits per heavy atom. The zero-order valence-corrected chi connectivity index (χ0v) is 11.2. The van der Waals surface area contributed by atoms with Gasteiger partial charge in [-0.15, -0.1) is 0 Å². The minimum absolute atomic E-state index is 0.0894. The molecule has 2 aromatic rings. The Balaban J connectivity index is 2.06. The SMILES string of the molecule is N#Cc1ccc(CSc2ccc(C(=O)O)o2)c(Cl)c1. The molecule has 96 valence electrons. The van der Waals surface area contributed by atoms with Gasteiger partial charge in [-0.1, -0.05) is 29.4 Å². The summed E-state index contributed by atoms with van der Waals surface area (Å²) in [5, 5.41) is 18.5. The second-order valence-electron chi connectivity index (χ2n) is 3.63. The Kier molecular flexibility index (Phi) is 4.15. The molecule has 0 spiro atoms. The van der Waals surface area contributed by atoms with Crippen LogP contribution in [0.2, 0.25) is 5.02 Å². The van der Waals surface area contributed by atoms with E-state index in [0.29, 0.717) is 21.4 Å². The highest BCUT2D eigenvalue weighted by Gasteiger charge is 2.10. The zero-order chi connectivity index (χ0) is 13.8. The van der Waals surface area contributed by atoms with Crippen molar-refractivity contribution in [3.63, 3.8) is 0 Å². The molecule has 0 saturated heterocycles. The summed E-state index contributed by atoms with van der Waals surface area (Å²) in [6.45, 7) is 0. The normalized spacial score (nSPS) is 10.1. The monoisotopic (exact) mass is 293 g/mol. The lowest BCUT2D eigenvalue weighted by atomic mass is 10.2. The molecular weight excluding hydrogens is 286 g/mol. The highest BCUT2D eigenvalue weighted by molar-refractivity contribution is 7.98. The van der Waals surface area contributed by atoms with E-state index in [1.807, 2.05) is 6.07 Å². The van der Waals surface area contributed by atoms with Crippen LogP contribution in [0.15, 0.2) is 39.8 Å². The van der Waals surface area contributed by atoms with E-state index in [1.54, 1.807) is 24.3 Å². The number of carboxylic acid groups (broad SMARTS) is 1. The van der Waals surface area contributed by atoms with Crippen LogP contribution in [0.25, 0.3) is 0 Å². The lowest BCUT2D eigenvalue weighted by Crippen LogP contribution is -1.91. The molecule has 0 aliphatic heterocycles. The minimum Gasteiger partial charge on any atom is -0.475 e. The lowest BCUT2D eigenvalue weighted by Gasteiger charge is -2.02. The Morgan fingerprint density at radius 2 is 2.21 bits per heavy atom. The van der Waals surface area contributed by atoms with Gasteiger partial charge in [0.15, 0.2) is 5.09 Å². The van der Waals surface area contributed by atoms with Crippen LogP contribution in [0.5, 0.6) is 0 Å². The van der Waals surface area contributed by atoms with Crippen LogP contribution in [0.3, 0.4) is 0 Å². The molecule has 0 aliphatic carbocycles. The van der Waals surface area contributed by atoms with Crippen molar-refractivity contribution >= 4 is 29.3 Å². The number of carboxylic acids is 1. The molecule has 0 radical (unpaired) electrons. The van der Waals surface area contributed by atoms with Crippen LogP contribution in [-0.4, -0.2) is 11.1 Å². The zero-order valence-electron chi connectivity index (χ0n) is 9.59. The summed E-state index contributed by atoms with van der Waals surface area (Å²) in [7, 11) is 0. The summed E-state index contributed by atoms with van der Waals surface area (Å²) >= 11 is 7.38. The molecule has 4 nitrogen and oxygen atoms in total. The van der Waals surface area contributed by atoms with E-state index in [-0.39, 0.29) is 5.76 Å². The minimum atomic E-state index is -1.09. The number of carbonyl (C=O) groups is 1. The van der Waals surface area contributed by atoms with Gasteiger partial charge < -0.3 is 9.52 Å². The molecule has 0 saturated carbocycles. The first-order valence-corrected chi connectivity index (χ1v) is 6.61. The molecule has 0 bridgehead atoms. The molecular formula is C13H8ClNO3S. The van der Waals surface area contributed by atoms with Gasteiger partial charge in [0, 0.05) is 10.8 Å². The topological polar surface area (TPSA) is 74.2 Å². The number of halogens is 1. The first kappa shape index (κ1) is 13.5. The van der Waals surface area contributed by atoms with Crippen LogP contribution < -0.4 is 0 Å². The second-order valence-corrected chi connectivity index (χ2v) is 5.02. The summed E-state index contributed by atoms with van der Waals surface area (Å²) in [5.74, 6) is -0.645. The third kappa shape index (κ3) is 3.31. The van der Waals surface area contributed by atoms with Gasteiger partial charge >= 0.3 is 5.97 Å². The second kappa shape index (κ2) is 5.83. The number of nitriles is 1. The Bertz CT molecular complexity index is 660. The molecule has 2 rings (SSSR count). The van der Waals surface area contributed by atoms with Gasteiger partial charge in [0.1, 0.15) is 0 Å². The maximum absolute atomic E-state index is 10.7. The van der Waals surface area contributed by atoms with E-state index >= 15 is 0 Å². The van der Waals surface area contributed by atoms with E-state index in [0.717, 1.165) is 5.56 Å². The number of benzene rings is 1. The predicted octanol–water partition coefficient (Wildman–Crippen LogP) is 3.80. The number of nitrogens with zero attached hydrogens (tertiary/aromatic N) is 1. The van der Waals surface area contributed by atoms with E-state index < -0.39 is 5.97 Å². The molecule has 0 aliphatic rings. The third-order valence-corrected chi connectivity index (χ3v) is 3.66. The van der Waals surface area contributed by atoms with E-state index in [2.05, 4.69) is 0 Å². The fraction of sp³-hybridized carbons (Fsp3) is 0.0769. The van der Waals surface area contributed by atoms with Crippen LogP contribution in [0.1, 0.15) is 21.7 Å². The molecule has 1 heterocycles. The Morgan fingerprint density at radius 1 is 1.42 bits per heavy atom. The number of furan rings is 1. The summed E-state index contributed by atoms with van der Waals surface area (Å²) in [5.41, 5.74) is 1.36. The van der Waals surface area contributed by atoms with Gasteiger partial charge in [-0.25, -0.2) is 4.79 Å². The molecule has 1 N–H and O–H groups in total. The molecule has 19 heavy (non-hydrogen) atoms. The maximum Gasteiger partial charge on any atom is 0.371 e. The fourth-order valence-corrected chi connectivity index (χ4v) is 2.58. The number of rotatable bonds is 4.